The maximum Gasteiger partial charge on any atom is 0.328 e. The molecule has 0 saturated carbocycles. The van der Waals surface area contributed by atoms with Crippen LogP contribution in [0, 0.1) is 12.8 Å². The molecule has 0 unspecified atom stereocenters. The van der Waals surface area contributed by atoms with Crippen LogP contribution in [0.1, 0.15) is 36.2 Å². The van der Waals surface area contributed by atoms with E-state index in [0.29, 0.717) is 12.0 Å². The molecule has 2 atom stereocenters. The summed E-state index contributed by atoms with van der Waals surface area (Å²) in [5.41, 5.74) is 1.35. The van der Waals surface area contributed by atoms with E-state index in [4.69, 9.17) is 4.74 Å². The lowest BCUT2D eigenvalue weighted by Gasteiger charge is -2.21. The second-order valence-corrected chi connectivity index (χ2v) is 6.17. The molecule has 0 aliphatic rings. The highest BCUT2D eigenvalue weighted by Gasteiger charge is 2.26. The Hall–Kier alpha value is -2.90. The minimum Gasteiger partial charge on any atom is -0.467 e. The number of ether oxygens (including phenoxy) is 2. The molecular formula is C19H26N2O6. The van der Waals surface area contributed by atoms with Gasteiger partial charge in [0.2, 0.25) is 0 Å². The number of carbonyl (C=O) groups is 4. The fourth-order valence-corrected chi connectivity index (χ4v) is 2.25. The van der Waals surface area contributed by atoms with Crippen molar-refractivity contribution in [3.8, 4) is 0 Å². The molecule has 0 bridgehead atoms. The second-order valence-electron chi connectivity index (χ2n) is 6.17. The van der Waals surface area contributed by atoms with Crippen LogP contribution in [0.15, 0.2) is 24.3 Å². The van der Waals surface area contributed by atoms with Crippen LogP contribution in [0.4, 0.5) is 0 Å². The van der Waals surface area contributed by atoms with Gasteiger partial charge in [-0.05, 0) is 25.0 Å². The number of hydrogen-bond donors (Lipinski definition) is 2. The Bertz CT molecular complexity index is 689. The van der Waals surface area contributed by atoms with Crippen molar-refractivity contribution in [1.29, 1.82) is 0 Å². The van der Waals surface area contributed by atoms with Gasteiger partial charge in [-0.1, -0.05) is 38.0 Å². The van der Waals surface area contributed by atoms with E-state index in [9.17, 15) is 19.2 Å². The lowest BCUT2D eigenvalue weighted by molar-refractivity contribution is -0.150. The summed E-state index contributed by atoms with van der Waals surface area (Å²) in [6, 6.07) is 6.10. The molecule has 2 amide bonds. The van der Waals surface area contributed by atoms with E-state index in [2.05, 4.69) is 15.4 Å². The third kappa shape index (κ3) is 7.47. The lowest BCUT2D eigenvalue weighted by Crippen LogP contribution is -2.47. The van der Waals surface area contributed by atoms with Gasteiger partial charge in [-0.2, -0.15) is 0 Å². The van der Waals surface area contributed by atoms with E-state index >= 15 is 0 Å². The van der Waals surface area contributed by atoms with Crippen molar-refractivity contribution >= 4 is 23.8 Å². The van der Waals surface area contributed by atoms with Gasteiger partial charge in [0.05, 0.1) is 7.11 Å². The van der Waals surface area contributed by atoms with Gasteiger partial charge in [-0.25, -0.2) is 4.79 Å². The Morgan fingerprint density at radius 3 is 2.48 bits per heavy atom. The monoisotopic (exact) mass is 378 g/mol. The van der Waals surface area contributed by atoms with Crippen LogP contribution >= 0.6 is 0 Å². The third-order valence-electron chi connectivity index (χ3n) is 4.02. The van der Waals surface area contributed by atoms with Gasteiger partial charge < -0.3 is 20.1 Å². The Labute approximate surface area is 158 Å². The summed E-state index contributed by atoms with van der Waals surface area (Å²) in [7, 11) is 1.24. The van der Waals surface area contributed by atoms with Gasteiger partial charge in [-0.15, -0.1) is 0 Å². The number of benzene rings is 1. The number of hydrogen-bond acceptors (Lipinski definition) is 6. The zero-order valence-corrected chi connectivity index (χ0v) is 16.0. The van der Waals surface area contributed by atoms with Crippen molar-refractivity contribution < 1.29 is 28.7 Å². The highest BCUT2D eigenvalue weighted by atomic mass is 16.5. The molecule has 1 aromatic carbocycles. The van der Waals surface area contributed by atoms with Crippen molar-refractivity contribution in [2.75, 3.05) is 20.3 Å². The van der Waals surface area contributed by atoms with Gasteiger partial charge in [0.15, 0.2) is 6.61 Å². The molecule has 0 radical (unpaired) electrons. The molecule has 0 spiro atoms. The smallest absolute Gasteiger partial charge is 0.328 e. The zero-order chi connectivity index (χ0) is 20.4. The first kappa shape index (κ1) is 22.1. The van der Waals surface area contributed by atoms with Crippen molar-refractivity contribution in [1.82, 2.24) is 10.6 Å². The summed E-state index contributed by atoms with van der Waals surface area (Å²) >= 11 is 0. The molecule has 0 aliphatic heterocycles. The average Bonchev–Trinajstić information content (AvgIpc) is 2.67. The van der Waals surface area contributed by atoms with E-state index in [0.717, 1.165) is 5.56 Å². The highest BCUT2D eigenvalue weighted by molar-refractivity contribution is 5.96. The van der Waals surface area contributed by atoms with Crippen LogP contribution in [0.3, 0.4) is 0 Å². The summed E-state index contributed by atoms with van der Waals surface area (Å²) in [6.45, 7) is 4.61. The molecule has 0 fully saturated rings. The lowest BCUT2D eigenvalue weighted by atomic mass is 9.99. The summed E-state index contributed by atoms with van der Waals surface area (Å²) in [5.74, 6) is -2.49. The second kappa shape index (κ2) is 10.9. The molecule has 0 saturated heterocycles. The third-order valence-corrected chi connectivity index (χ3v) is 4.02. The zero-order valence-electron chi connectivity index (χ0n) is 16.0. The fraction of sp³-hybridized carbons (Fsp3) is 0.474. The molecule has 8 nitrogen and oxygen atoms in total. The van der Waals surface area contributed by atoms with Gasteiger partial charge in [0.1, 0.15) is 12.6 Å². The number of esters is 2. The molecule has 27 heavy (non-hydrogen) atoms. The van der Waals surface area contributed by atoms with Crippen molar-refractivity contribution in [2.45, 2.75) is 33.2 Å². The standard InChI is InChI=1S/C19H26N2O6/c1-5-13(3)17(19(25)26-4)21-15(22)11-27-16(23)10-20-18(24)14-8-6-7-12(2)9-14/h6-9,13,17H,5,10-11H2,1-4H3,(H,20,24)(H,21,22)/t13-,17+/m0/s1. The van der Waals surface area contributed by atoms with E-state index in [1.54, 1.807) is 25.1 Å². The summed E-state index contributed by atoms with van der Waals surface area (Å²) in [4.78, 5) is 47.3. The number of carbonyl (C=O) groups excluding carboxylic acids is 4. The van der Waals surface area contributed by atoms with Crippen LogP contribution in [0.2, 0.25) is 0 Å². The SMILES string of the molecule is CC[C@H](C)[C@@H](NC(=O)COC(=O)CNC(=O)c1cccc(C)c1)C(=O)OC. The fourth-order valence-electron chi connectivity index (χ4n) is 2.25. The maximum atomic E-state index is 12.0. The topological polar surface area (TPSA) is 111 Å². The molecule has 1 aromatic rings. The van der Waals surface area contributed by atoms with E-state index in [1.165, 1.54) is 7.11 Å². The van der Waals surface area contributed by atoms with Crippen LogP contribution in [0.25, 0.3) is 0 Å². The number of nitrogens with one attached hydrogen (secondary N) is 2. The minimum absolute atomic E-state index is 0.134. The van der Waals surface area contributed by atoms with Gasteiger partial charge >= 0.3 is 11.9 Å². The van der Waals surface area contributed by atoms with Crippen LogP contribution in [-0.2, 0) is 23.9 Å². The summed E-state index contributed by atoms with van der Waals surface area (Å²) in [6.07, 6.45) is 0.658. The molecule has 8 heteroatoms. The number of methoxy groups -OCH3 is 1. The van der Waals surface area contributed by atoms with Crippen molar-refractivity contribution in [3.63, 3.8) is 0 Å². The van der Waals surface area contributed by atoms with Crippen molar-refractivity contribution in [2.24, 2.45) is 5.92 Å². The predicted molar refractivity (Wildman–Crippen MR) is 97.9 cm³/mol. The van der Waals surface area contributed by atoms with Crippen LogP contribution in [0.5, 0.6) is 0 Å². The number of aryl methyl sites for hydroxylation is 1. The molecule has 0 aromatic heterocycles. The minimum atomic E-state index is -0.813. The van der Waals surface area contributed by atoms with E-state index in [-0.39, 0.29) is 12.5 Å². The Balaban J connectivity index is 2.43. The summed E-state index contributed by atoms with van der Waals surface area (Å²) in [5, 5.41) is 4.92. The molecule has 148 valence electrons. The van der Waals surface area contributed by atoms with Gasteiger partial charge in [0.25, 0.3) is 11.8 Å². The quantitative estimate of drug-likeness (QED) is 0.620. The molecule has 1 rings (SSSR count). The van der Waals surface area contributed by atoms with E-state index in [1.807, 2.05) is 19.9 Å². The number of rotatable bonds is 9. The maximum absolute atomic E-state index is 12.0. The highest BCUT2D eigenvalue weighted by Crippen LogP contribution is 2.09. The first-order valence-corrected chi connectivity index (χ1v) is 8.66. The van der Waals surface area contributed by atoms with Gasteiger partial charge in [-0.3, -0.25) is 14.4 Å². The molecular weight excluding hydrogens is 352 g/mol. The van der Waals surface area contributed by atoms with Crippen molar-refractivity contribution in [3.05, 3.63) is 35.4 Å². The summed E-state index contributed by atoms with van der Waals surface area (Å²) < 4.78 is 9.49. The van der Waals surface area contributed by atoms with Gasteiger partial charge in [0, 0.05) is 5.56 Å². The largest absolute Gasteiger partial charge is 0.467 e. The Morgan fingerprint density at radius 1 is 1.19 bits per heavy atom. The Kier molecular flexibility index (Phi) is 8.98. The Morgan fingerprint density at radius 2 is 1.89 bits per heavy atom. The van der Waals surface area contributed by atoms with E-state index < -0.39 is 36.4 Å². The van der Waals surface area contributed by atoms with Crippen LogP contribution < -0.4 is 10.6 Å². The predicted octanol–water partition coefficient (Wildman–Crippen LogP) is 0.972. The normalized spacial score (nSPS) is 12.4. The first-order chi connectivity index (χ1) is 12.8. The molecule has 0 heterocycles. The molecule has 0 aliphatic carbocycles. The number of amides is 2. The average molecular weight is 378 g/mol. The first-order valence-electron chi connectivity index (χ1n) is 8.66. The van der Waals surface area contributed by atoms with Crippen LogP contribution in [-0.4, -0.2) is 50.1 Å². The molecule has 2 N–H and O–H groups in total.